The van der Waals surface area contributed by atoms with Gasteiger partial charge in [-0.05, 0) is 69.5 Å². The number of hydrogen-bond donors (Lipinski definition) is 0. The van der Waals surface area contributed by atoms with Crippen molar-refractivity contribution in [1.29, 1.82) is 0 Å². The van der Waals surface area contributed by atoms with Crippen molar-refractivity contribution >= 4 is 11.8 Å². The van der Waals surface area contributed by atoms with E-state index in [1.54, 1.807) is 0 Å². The molecule has 0 bridgehead atoms. The summed E-state index contributed by atoms with van der Waals surface area (Å²) in [5.74, 6) is 0. The first-order chi connectivity index (χ1) is 13.4. The average molecular weight is 362 g/mol. The quantitative estimate of drug-likeness (QED) is 0.320. The van der Waals surface area contributed by atoms with Gasteiger partial charge in [-0.15, -0.1) is 0 Å². The number of fused-ring (bicyclic) bond motifs is 6. The third kappa shape index (κ3) is 2.32. The smallest absolute Gasteiger partial charge is 0.0164 e. The minimum atomic E-state index is 1.05. The maximum Gasteiger partial charge on any atom is 0.0164 e. The van der Waals surface area contributed by atoms with Crippen LogP contribution in [0.3, 0.4) is 0 Å². The van der Waals surface area contributed by atoms with E-state index in [-0.39, 0.29) is 0 Å². The molecule has 0 nitrogen and oxygen atoms in total. The van der Waals surface area contributed by atoms with Crippen LogP contribution in [-0.2, 0) is 12.8 Å². The highest BCUT2D eigenvalue weighted by atomic mass is 32.2. The molecule has 6 rings (SSSR count). The van der Waals surface area contributed by atoms with Crippen molar-refractivity contribution in [3.63, 3.8) is 0 Å². The standard InChI is InChI=1S/C26H18S/c1-3-9-19-17(7-1)15-23-21(19)11-5-13-25(23)27-26-14-6-12-22-20-10-4-2-8-18(20)16-24(22)26/h1-14H,15-16H2. The maximum absolute atomic E-state index is 2.29. The highest BCUT2D eigenvalue weighted by molar-refractivity contribution is 7.99. The Morgan fingerprint density at radius 3 is 1.41 bits per heavy atom. The van der Waals surface area contributed by atoms with Gasteiger partial charge in [-0.1, -0.05) is 84.6 Å². The zero-order chi connectivity index (χ0) is 17.8. The topological polar surface area (TPSA) is 0 Å². The van der Waals surface area contributed by atoms with Crippen LogP contribution in [0.5, 0.6) is 0 Å². The minimum absolute atomic E-state index is 1.05. The lowest BCUT2D eigenvalue weighted by atomic mass is 10.1. The van der Waals surface area contributed by atoms with Crippen molar-refractivity contribution in [1.82, 2.24) is 0 Å². The minimum Gasteiger partial charge on any atom is -0.0895 e. The Morgan fingerprint density at radius 1 is 0.444 bits per heavy atom. The first-order valence-corrected chi connectivity index (χ1v) is 10.3. The SMILES string of the molecule is c1ccc2c(c1)Cc1c(Sc3cccc4c3Cc3ccccc3-4)cccc1-2. The molecule has 0 atom stereocenters. The van der Waals surface area contributed by atoms with E-state index >= 15 is 0 Å². The van der Waals surface area contributed by atoms with Crippen LogP contribution in [0.15, 0.2) is 94.7 Å². The van der Waals surface area contributed by atoms with Gasteiger partial charge in [0.1, 0.15) is 0 Å². The van der Waals surface area contributed by atoms with Gasteiger partial charge in [0.05, 0.1) is 0 Å². The summed E-state index contributed by atoms with van der Waals surface area (Å²) in [5.41, 5.74) is 11.5. The average Bonchev–Trinajstić information content (AvgIpc) is 3.28. The Morgan fingerprint density at radius 2 is 0.889 bits per heavy atom. The molecule has 1 heteroatoms. The van der Waals surface area contributed by atoms with Crippen LogP contribution < -0.4 is 0 Å². The second-order valence-electron chi connectivity index (χ2n) is 7.33. The lowest BCUT2D eigenvalue weighted by molar-refractivity contribution is 1.16. The van der Waals surface area contributed by atoms with Crippen LogP contribution in [0.25, 0.3) is 22.3 Å². The molecule has 0 aliphatic heterocycles. The van der Waals surface area contributed by atoms with Crippen LogP contribution in [0.1, 0.15) is 22.3 Å². The van der Waals surface area contributed by atoms with E-state index in [2.05, 4.69) is 84.9 Å². The van der Waals surface area contributed by atoms with Crippen molar-refractivity contribution < 1.29 is 0 Å². The zero-order valence-corrected chi connectivity index (χ0v) is 15.7. The molecule has 0 saturated heterocycles. The van der Waals surface area contributed by atoms with Gasteiger partial charge < -0.3 is 0 Å². The summed E-state index contributed by atoms with van der Waals surface area (Å²) in [7, 11) is 0. The highest BCUT2D eigenvalue weighted by Crippen LogP contribution is 2.46. The molecule has 128 valence electrons. The Kier molecular flexibility index (Phi) is 3.33. The Hall–Kier alpha value is -2.77. The normalized spacial score (nSPS) is 13.0. The van der Waals surface area contributed by atoms with Gasteiger partial charge in [-0.25, -0.2) is 0 Å². The van der Waals surface area contributed by atoms with Gasteiger partial charge in [0.25, 0.3) is 0 Å². The van der Waals surface area contributed by atoms with Crippen molar-refractivity contribution in [3.05, 3.63) is 107 Å². The molecule has 4 aromatic carbocycles. The molecular formula is C26H18S. The van der Waals surface area contributed by atoms with Crippen molar-refractivity contribution in [2.24, 2.45) is 0 Å². The number of hydrogen-bond acceptors (Lipinski definition) is 1. The molecule has 0 unspecified atom stereocenters. The number of benzene rings is 4. The molecule has 27 heavy (non-hydrogen) atoms. The molecule has 0 fully saturated rings. The van der Waals surface area contributed by atoms with Crippen molar-refractivity contribution in [2.75, 3.05) is 0 Å². The largest absolute Gasteiger partial charge is 0.0895 e. The molecule has 2 aliphatic carbocycles. The van der Waals surface area contributed by atoms with Crippen LogP contribution in [-0.4, -0.2) is 0 Å². The van der Waals surface area contributed by atoms with Gasteiger partial charge in [-0.3, -0.25) is 0 Å². The van der Waals surface area contributed by atoms with E-state index in [9.17, 15) is 0 Å². The molecule has 4 aromatic rings. The second kappa shape index (κ2) is 5.87. The Bertz CT molecular complexity index is 1110. The third-order valence-electron chi connectivity index (χ3n) is 5.84. The Balaban J connectivity index is 1.43. The van der Waals surface area contributed by atoms with E-state index in [4.69, 9.17) is 0 Å². The second-order valence-corrected chi connectivity index (χ2v) is 8.42. The van der Waals surface area contributed by atoms with Gasteiger partial charge in [0.15, 0.2) is 0 Å². The molecule has 0 saturated carbocycles. The molecule has 0 spiro atoms. The molecular weight excluding hydrogens is 344 g/mol. The first-order valence-electron chi connectivity index (χ1n) is 9.47. The van der Waals surface area contributed by atoms with Crippen molar-refractivity contribution in [2.45, 2.75) is 22.6 Å². The van der Waals surface area contributed by atoms with Crippen LogP contribution in [0, 0.1) is 0 Å². The summed E-state index contributed by atoms with van der Waals surface area (Å²) in [6.45, 7) is 0. The Labute approximate surface area is 163 Å². The van der Waals surface area contributed by atoms with E-state index in [1.807, 2.05) is 11.8 Å². The van der Waals surface area contributed by atoms with E-state index in [1.165, 1.54) is 54.3 Å². The monoisotopic (exact) mass is 362 g/mol. The summed E-state index contributed by atoms with van der Waals surface area (Å²) >= 11 is 1.94. The molecule has 2 aliphatic rings. The lowest BCUT2D eigenvalue weighted by Crippen LogP contribution is -1.89. The molecule has 0 heterocycles. The van der Waals surface area contributed by atoms with E-state index < -0.39 is 0 Å². The van der Waals surface area contributed by atoms with Gasteiger partial charge in [0.2, 0.25) is 0 Å². The lowest BCUT2D eigenvalue weighted by Gasteiger charge is -2.11. The van der Waals surface area contributed by atoms with Gasteiger partial charge in [-0.2, -0.15) is 0 Å². The summed E-state index contributed by atoms with van der Waals surface area (Å²) in [4.78, 5) is 2.79. The van der Waals surface area contributed by atoms with E-state index in [0.29, 0.717) is 0 Å². The zero-order valence-electron chi connectivity index (χ0n) is 14.9. The molecule has 0 radical (unpaired) electrons. The number of rotatable bonds is 2. The summed E-state index contributed by atoms with van der Waals surface area (Å²) < 4.78 is 0. The van der Waals surface area contributed by atoms with Gasteiger partial charge >= 0.3 is 0 Å². The summed E-state index contributed by atoms with van der Waals surface area (Å²) in [6, 6.07) is 31.2. The summed E-state index contributed by atoms with van der Waals surface area (Å²) in [5, 5.41) is 0. The fraction of sp³-hybridized carbons (Fsp3) is 0.0769. The fourth-order valence-corrected chi connectivity index (χ4v) is 5.71. The first kappa shape index (κ1) is 15.3. The van der Waals surface area contributed by atoms with Crippen LogP contribution in [0.2, 0.25) is 0 Å². The third-order valence-corrected chi connectivity index (χ3v) is 7.04. The maximum atomic E-state index is 2.29. The van der Waals surface area contributed by atoms with E-state index in [0.717, 1.165) is 12.8 Å². The van der Waals surface area contributed by atoms with Crippen molar-refractivity contribution in [3.8, 4) is 22.3 Å². The predicted molar refractivity (Wildman–Crippen MR) is 113 cm³/mol. The molecule has 0 amide bonds. The molecule has 0 N–H and O–H groups in total. The highest BCUT2D eigenvalue weighted by Gasteiger charge is 2.24. The molecule has 0 aromatic heterocycles. The predicted octanol–water partition coefficient (Wildman–Crippen LogP) is 6.98. The summed E-state index contributed by atoms with van der Waals surface area (Å²) in [6.07, 6.45) is 2.09. The van der Waals surface area contributed by atoms with Crippen LogP contribution in [0.4, 0.5) is 0 Å². The van der Waals surface area contributed by atoms with Crippen LogP contribution >= 0.6 is 11.8 Å². The fourth-order valence-electron chi connectivity index (χ4n) is 4.57. The van der Waals surface area contributed by atoms with Gasteiger partial charge in [0, 0.05) is 9.79 Å².